The van der Waals surface area contributed by atoms with Crippen molar-refractivity contribution in [2.24, 2.45) is 0 Å². The summed E-state index contributed by atoms with van der Waals surface area (Å²) in [6.45, 7) is 5.48. The van der Waals surface area contributed by atoms with Gasteiger partial charge >= 0.3 is 6.03 Å². The SMILES string of the molecule is CC(C)Oc1ccc(-c2ncc(-c3cccc4c3CC[C@@H]4NC(=O)N3CC[C@@H](N(C)C)C3)s2)cc1C#N. The van der Waals surface area contributed by atoms with Gasteiger partial charge in [0.25, 0.3) is 0 Å². The van der Waals surface area contributed by atoms with Gasteiger partial charge in [-0.15, -0.1) is 11.3 Å². The summed E-state index contributed by atoms with van der Waals surface area (Å²) < 4.78 is 5.76. The van der Waals surface area contributed by atoms with E-state index in [1.807, 2.05) is 43.1 Å². The van der Waals surface area contributed by atoms with Gasteiger partial charge in [0.05, 0.1) is 22.6 Å². The lowest BCUT2D eigenvalue weighted by Gasteiger charge is -2.23. The molecule has 2 aliphatic rings. The zero-order valence-electron chi connectivity index (χ0n) is 21.8. The Morgan fingerprint density at radius 1 is 1.27 bits per heavy atom. The minimum atomic E-state index is 0.00325. The Balaban J connectivity index is 1.34. The van der Waals surface area contributed by atoms with Gasteiger partial charge in [0.15, 0.2) is 0 Å². The minimum absolute atomic E-state index is 0.00325. The lowest BCUT2D eigenvalue weighted by atomic mass is 10.0. The van der Waals surface area contributed by atoms with Gasteiger partial charge in [-0.25, -0.2) is 9.78 Å². The second-order valence-corrected chi connectivity index (χ2v) is 11.3. The van der Waals surface area contributed by atoms with Gasteiger partial charge < -0.3 is 19.9 Å². The van der Waals surface area contributed by atoms with Crippen molar-refractivity contribution in [2.45, 2.75) is 51.3 Å². The summed E-state index contributed by atoms with van der Waals surface area (Å²) in [5.74, 6) is 0.596. The fourth-order valence-corrected chi connectivity index (χ4v) is 6.23. The number of hydrogen-bond donors (Lipinski definition) is 1. The third-order valence-electron chi connectivity index (χ3n) is 7.23. The second-order valence-electron chi connectivity index (χ2n) is 10.3. The first kappa shape index (κ1) is 25.2. The first-order valence-corrected chi connectivity index (χ1v) is 13.7. The molecule has 7 nitrogen and oxygen atoms in total. The lowest BCUT2D eigenvalue weighted by Crippen LogP contribution is -2.41. The van der Waals surface area contributed by atoms with Gasteiger partial charge in [-0.3, -0.25) is 0 Å². The molecule has 5 rings (SSSR count). The fraction of sp³-hybridized carbons (Fsp3) is 0.414. The number of likely N-dealkylation sites (N-methyl/N-ethyl adjacent to an activating group) is 1. The monoisotopic (exact) mass is 515 g/mol. The summed E-state index contributed by atoms with van der Waals surface area (Å²) in [7, 11) is 4.15. The topological polar surface area (TPSA) is 81.5 Å². The van der Waals surface area contributed by atoms with Crippen LogP contribution in [0.1, 0.15) is 49.4 Å². The van der Waals surface area contributed by atoms with E-state index in [0.29, 0.717) is 17.4 Å². The molecule has 0 radical (unpaired) electrons. The Kier molecular flexibility index (Phi) is 7.18. The van der Waals surface area contributed by atoms with E-state index in [-0.39, 0.29) is 18.2 Å². The summed E-state index contributed by atoms with van der Waals surface area (Å²) in [4.78, 5) is 22.9. The van der Waals surface area contributed by atoms with E-state index < -0.39 is 0 Å². The molecule has 2 amide bonds. The molecule has 37 heavy (non-hydrogen) atoms. The summed E-state index contributed by atoms with van der Waals surface area (Å²) in [6, 6.07) is 14.7. The number of nitrogens with one attached hydrogen (secondary N) is 1. The van der Waals surface area contributed by atoms with Crippen LogP contribution < -0.4 is 10.1 Å². The van der Waals surface area contributed by atoms with Crippen molar-refractivity contribution in [3.63, 3.8) is 0 Å². The Labute approximate surface area is 222 Å². The van der Waals surface area contributed by atoms with E-state index in [0.717, 1.165) is 47.8 Å². The van der Waals surface area contributed by atoms with Crippen molar-refractivity contribution >= 4 is 17.4 Å². The predicted octanol–water partition coefficient (Wildman–Crippen LogP) is 5.47. The normalized spacial score (nSPS) is 18.8. The van der Waals surface area contributed by atoms with Crippen LogP contribution in [0.2, 0.25) is 0 Å². The molecule has 0 bridgehead atoms. The number of carbonyl (C=O) groups excluding carboxylic acids is 1. The summed E-state index contributed by atoms with van der Waals surface area (Å²) in [5, 5.41) is 13.8. The third kappa shape index (κ3) is 5.20. The highest BCUT2D eigenvalue weighted by molar-refractivity contribution is 7.18. The number of nitrogens with zero attached hydrogens (tertiary/aromatic N) is 4. The van der Waals surface area contributed by atoms with Crippen LogP contribution in [0.4, 0.5) is 4.79 Å². The van der Waals surface area contributed by atoms with Crippen molar-refractivity contribution in [3.05, 3.63) is 59.3 Å². The number of aromatic nitrogens is 1. The van der Waals surface area contributed by atoms with E-state index in [2.05, 4.69) is 53.6 Å². The molecule has 2 atom stereocenters. The summed E-state index contributed by atoms with van der Waals surface area (Å²) in [5.41, 5.74) is 5.08. The first-order chi connectivity index (χ1) is 17.8. The molecule has 1 aromatic heterocycles. The fourth-order valence-electron chi connectivity index (χ4n) is 5.26. The van der Waals surface area contributed by atoms with Crippen LogP contribution >= 0.6 is 11.3 Å². The molecule has 2 aromatic carbocycles. The van der Waals surface area contributed by atoms with Gasteiger partial charge in [-0.05, 0) is 82.1 Å². The molecule has 1 saturated heterocycles. The summed E-state index contributed by atoms with van der Waals surface area (Å²) >= 11 is 1.62. The Hall–Kier alpha value is -3.41. The maximum Gasteiger partial charge on any atom is 0.317 e. The minimum Gasteiger partial charge on any atom is -0.490 e. The van der Waals surface area contributed by atoms with Crippen LogP contribution in [0.3, 0.4) is 0 Å². The van der Waals surface area contributed by atoms with Crippen molar-refractivity contribution in [1.82, 2.24) is 20.1 Å². The second kappa shape index (κ2) is 10.5. The Morgan fingerprint density at radius 3 is 2.84 bits per heavy atom. The zero-order valence-corrected chi connectivity index (χ0v) is 22.6. The average molecular weight is 516 g/mol. The number of likely N-dealkylation sites (tertiary alicyclic amines) is 1. The van der Waals surface area contributed by atoms with E-state index in [4.69, 9.17) is 4.74 Å². The molecule has 3 aromatic rings. The molecular formula is C29H33N5O2S. The molecule has 0 saturated carbocycles. The van der Waals surface area contributed by atoms with Crippen LogP contribution in [0.5, 0.6) is 5.75 Å². The summed E-state index contributed by atoms with van der Waals surface area (Å²) in [6.07, 6.45) is 4.76. The number of nitriles is 1. The molecule has 1 aliphatic carbocycles. The zero-order chi connectivity index (χ0) is 26.1. The number of carbonyl (C=O) groups is 1. The first-order valence-electron chi connectivity index (χ1n) is 12.8. The molecule has 1 N–H and O–H groups in total. The quantitative estimate of drug-likeness (QED) is 0.471. The van der Waals surface area contributed by atoms with E-state index in [1.54, 1.807) is 11.3 Å². The van der Waals surface area contributed by atoms with Crippen molar-refractivity contribution < 1.29 is 9.53 Å². The number of benzene rings is 2. The molecule has 0 spiro atoms. The van der Waals surface area contributed by atoms with Gasteiger partial charge in [0.2, 0.25) is 0 Å². The number of thiazole rings is 1. The van der Waals surface area contributed by atoms with E-state index >= 15 is 0 Å². The molecule has 192 valence electrons. The Morgan fingerprint density at radius 2 is 2.11 bits per heavy atom. The van der Waals surface area contributed by atoms with Crippen LogP contribution in [0.15, 0.2) is 42.6 Å². The van der Waals surface area contributed by atoms with Crippen LogP contribution in [-0.2, 0) is 6.42 Å². The number of amides is 2. The predicted molar refractivity (Wildman–Crippen MR) is 147 cm³/mol. The van der Waals surface area contributed by atoms with Crippen molar-refractivity contribution in [2.75, 3.05) is 27.2 Å². The van der Waals surface area contributed by atoms with Crippen molar-refractivity contribution in [1.29, 1.82) is 5.26 Å². The van der Waals surface area contributed by atoms with Gasteiger partial charge in [-0.2, -0.15) is 5.26 Å². The smallest absolute Gasteiger partial charge is 0.317 e. The number of hydrogen-bond acceptors (Lipinski definition) is 6. The maximum absolute atomic E-state index is 13.0. The van der Waals surface area contributed by atoms with Gasteiger partial charge in [-0.1, -0.05) is 18.2 Å². The molecule has 1 aliphatic heterocycles. The molecule has 8 heteroatoms. The van der Waals surface area contributed by atoms with Crippen molar-refractivity contribution in [3.8, 4) is 32.8 Å². The van der Waals surface area contributed by atoms with Crippen LogP contribution in [0, 0.1) is 11.3 Å². The molecule has 2 heterocycles. The van der Waals surface area contributed by atoms with Crippen LogP contribution in [0.25, 0.3) is 21.0 Å². The van der Waals surface area contributed by atoms with Gasteiger partial charge in [0.1, 0.15) is 16.8 Å². The third-order valence-corrected chi connectivity index (χ3v) is 8.31. The van der Waals surface area contributed by atoms with E-state index in [1.165, 1.54) is 16.7 Å². The standard InChI is InChI=1S/C29H33N5O2S/c1-18(2)36-26-11-8-19(14-20(26)15-30)28-31-16-27(37-28)24-7-5-6-23-22(24)9-10-25(23)32-29(35)34-13-12-21(17-34)33(3)4/h5-8,11,14,16,18,21,25H,9-10,12-13,17H2,1-4H3,(H,32,35)/t21-,25+/m1/s1. The lowest BCUT2D eigenvalue weighted by molar-refractivity contribution is 0.199. The van der Waals surface area contributed by atoms with Crippen LogP contribution in [-0.4, -0.2) is 60.1 Å². The molecular weight excluding hydrogens is 482 g/mol. The number of rotatable bonds is 6. The van der Waals surface area contributed by atoms with Gasteiger partial charge in [0, 0.05) is 30.9 Å². The highest BCUT2D eigenvalue weighted by Gasteiger charge is 2.31. The number of ether oxygens (including phenoxy) is 1. The highest BCUT2D eigenvalue weighted by Crippen LogP contribution is 2.41. The molecule has 1 fully saturated rings. The largest absolute Gasteiger partial charge is 0.490 e. The number of urea groups is 1. The van der Waals surface area contributed by atoms with E-state index in [9.17, 15) is 10.1 Å². The average Bonchev–Trinajstić information content (AvgIpc) is 3.64. The maximum atomic E-state index is 13.0. The highest BCUT2D eigenvalue weighted by atomic mass is 32.1. The Bertz CT molecular complexity index is 1340. The number of fused-ring (bicyclic) bond motifs is 1. The molecule has 0 unspecified atom stereocenters.